The van der Waals surface area contributed by atoms with Crippen molar-refractivity contribution in [1.82, 2.24) is 5.43 Å². The second kappa shape index (κ2) is 7.98. The average Bonchev–Trinajstić information content (AvgIpc) is 2.49. The molecule has 0 spiro atoms. The fourth-order valence-corrected chi connectivity index (χ4v) is 1.90. The van der Waals surface area contributed by atoms with Gasteiger partial charge in [-0.2, -0.15) is 5.10 Å². The van der Waals surface area contributed by atoms with Gasteiger partial charge in [0.25, 0.3) is 0 Å². The fourth-order valence-electron chi connectivity index (χ4n) is 1.90. The van der Waals surface area contributed by atoms with Gasteiger partial charge in [0, 0.05) is 0 Å². The van der Waals surface area contributed by atoms with E-state index in [-0.39, 0.29) is 12.0 Å². The Morgan fingerprint density at radius 2 is 1.82 bits per heavy atom. The number of hydrazone groups is 1. The number of nitrogens with zero attached hydrogens (tertiary/aromatic N) is 1. The predicted molar refractivity (Wildman–Crippen MR) is 88.1 cm³/mol. The Morgan fingerprint density at radius 1 is 1.14 bits per heavy atom. The van der Waals surface area contributed by atoms with E-state index in [0.717, 1.165) is 16.9 Å². The molecule has 2 aromatic rings. The molecule has 22 heavy (non-hydrogen) atoms. The summed E-state index contributed by atoms with van der Waals surface area (Å²) in [7, 11) is 0. The minimum Gasteiger partial charge on any atom is -0.491 e. The maximum absolute atomic E-state index is 11.7. The number of benzene rings is 2. The normalized spacial score (nSPS) is 10.9. The zero-order valence-electron chi connectivity index (χ0n) is 12.8. The van der Waals surface area contributed by atoms with Gasteiger partial charge < -0.3 is 4.74 Å². The van der Waals surface area contributed by atoms with E-state index in [2.05, 4.69) is 10.5 Å². The smallest absolute Gasteiger partial charge is 0.244 e. The summed E-state index contributed by atoms with van der Waals surface area (Å²) in [6.45, 7) is 3.97. The van der Waals surface area contributed by atoms with E-state index in [0.29, 0.717) is 6.42 Å². The highest BCUT2D eigenvalue weighted by molar-refractivity contribution is 5.83. The number of nitrogens with one attached hydrogen (secondary N) is 1. The molecule has 0 aliphatic rings. The summed E-state index contributed by atoms with van der Waals surface area (Å²) in [6, 6.07) is 17.1. The molecule has 4 nitrogen and oxygen atoms in total. The van der Waals surface area contributed by atoms with Crippen molar-refractivity contribution in [3.8, 4) is 5.75 Å². The molecule has 114 valence electrons. The predicted octanol–water partition coefficient (Wildman–Crippen LogP) is 3.17. The van der Waals surface area contributed by atoms with E-state index in [1.807, 2.05) is 68.4 Å². The first-order chi connectivity index (χ1) is 10.6. The number of rotatable bonds is 6. The quantitative estimate of drug-likeness (QED) is 0.657. The summed E-state index contributed by atoms with van der Waals surface area (Å²) in [5, 5.41) is 3.96. The summed E-state index contributed by atoms with van der Waals surface area (Å²) in [5.74, 6) is 0.683. The largest absolute Gasteiger partial charge is 0.491 e. The molecule has 1 N–H and O–H groups in total. The van der Waals surface area contributed by atoms with Crippen molar-refractivity contribution in [3.63, 3.8) is 0 Å². The minimum atomic E-state index is -0.137. The van der Waals surface area contributed by atoms with Crippen LogP contribution in [0.15, 0.2) is 59.7 Å². The van der Waals surface area contributed by atoms with Gasteiger partial charge in [0.2, 0.25) is 5.91 Å². The van der Waals surface area contributed by atoms with Crippen LogP contribution in [0.4, 0.5) is 0 Å². The number of amides is 1. The Labute approximate surface area is 130 Å². The van der Waals surface area contributed by atoms with E-state index >= 15 is 0 Å². The second-order valence-corrected chi connectivity index (χ2v) is 5.19. The summed E-state index contributed by atoms with van der Waals surface area (Å²) >= 11 is 0. The highest BCUT2D eigenvalue weighted by Gasteiger charge is 2.01. The van der Waals surface area contributed by atoms with E-state index in [1.165, 1.54) is 0 Å². The van der Waals surface area contributed by atoms with Crippen LogP contribution in [-0.2, 0) is 11.2 Å². The summed E-state index contributed by atoms with van der Waals surface area (Å²) < 4.78 is 5.56. The zero-order chi connectivity index (χ0) is 15.8. The van der Waals surface area contributed by atoms with Gasteiger partial charge in [-0.15, -0.1) is 0 Å². The second-order valence-electron chi connectivity index (χ2n) is 5.19. The lowest BCUT2D eigenvalue weighted by molar-refractivity contribution is -0.120. The van der Waals surface area contributed by atoms with Crippen molar-refractivity contribution in [3.05, 3.63) is 65.7 Å². The molecule has 0 radical (unpaired) electrons. The first kappa shape index (κ1) is 15.8. The van der Waals surface area contributed by atoms with E-state index in [4.69, 9.17) is 4.74 Å². The molecule has 0 aliphatic carbocycles. The molecule has 2 aromatic carbocycles. The van der Waals surface area contributed by atoms with Crippen LogP contribution in [-0.4, -0.2) is 18.2 Å². The molecule has 0 heterocycles. The Hall–Kier alpha value is -2.62. The Kier molecular flexibility index (Phi) is 5.72. The lowest BCUT2D eigenvalue weighted by atomic mass is 10.1. The Morgan fingerprint density at radius 3 is 2.45 bits per heavy atom. The minimum absolute atomic E-state index is 0.137. The lowest BCUT2D eigenvalue weighted by Crippen LogP contribution is -2.19. The van der Waals surface area contributed by atoms with Gasteiger partial charge in [-0.05, 0) is 49.2 Å². The van der Waals surface area contributed by atoms with Crippen LogP contribution < -0.4 is 10.2 Å². The molecule has 0 saturated heterocycles. The third kappa shape index (κ3) is 5.40. The zero-order valence-corrected chi connectivity index (χ0v) is 12.8. The molecule has 2 rings (SSSR count). The van der Waals surface area contributed by atoms with Gasteiger partial charge in [-0.3, -0.25) is 4.79 Å². The van der Waals surface area contributed by atoms with Crippen LogP contribution in [0.1, 0.15) is 25.0 Å². The molecular weight excluding hydrogens is 276 g/mol. The molecule has 0 aliphatic heterocycles. The maximum Gasteiger partial charge on any atom is 0.244 e. The number of carbonyl (C=O) groups is 1. The first-order valence-electron chi connectivity index (χ1n) is 7.26. The third-order valence-electron chi connectivity index (χ3n) is 2.86. The number of hydrogen-bond donors (Lipinski definition) is 1. The van der Waals surface area contributed by atoms with Crippen LogP contribution in [0, 0.1) is 0 Å². The van der Waals surface area contributed by atoms with Gasteiger partial charge in [-0.25, -0.2) is 5.43 Å². The molecule has 0 atom stereocenters. The summed E-state index contributed by atoms with van der Waals surface area (Å²) in [5.41, 5.74) is 4.39. The summed E-state index contributed by atoms with van der Waals surface area (Å²) in [4.78, 5) is 11.7. The third-order valence-corrected chi connectivity index (χ3v) is 2.86. The summed E-state index contributed by atoms with van der Waals surface area (Å²) in [6.07, 6.45) is 2.08. The van der Waals surface area contributed by atoms with Crippen LogP contribution in [0.3, 0.4) is 0 Å². The SMILES string of the molecule is CC(C)Oc1ccc(/C=N\NC(=O)Cc2ccccc2)cc1. The molecule has 0 unspecified atom stereocenters. The topological polar surface area (TPSA) is 50.7 Å². The van der Waals surface area contributed by atoms with Crippen molar-refractivity contribution < 1.29 is 9.53 Å². The molecule has 0 fully saturated rings. The standard InChI is InChI=1S/C18H20N2O2/c1-14(2)22-17-10-8-16(9-11-17)13-19-20-18(21)12-15-6-4-3-5-7-15/h3-11,13-14H,12H2,1-2H3,(H,20,21)/b19-13-. The number of carbonyl (C=O) groups excluding carboxylic acids is 1. The van der Waals surface area contributed by atoms with Crippen molar-refractivity contribution in [2.24, 2.45) is 5.10 Å². The number of ether oxygens (including phenoxy) is 1. The first-order valence-corrected chi connectivity index (χ1v) is 7.26. The molecular formula is C18H20N2O2. The highest BCUT2D eigenvalue weighted by atomic mass is 16.5. The van der Waals surface area contributed by atoms with Gasteiger partial charge in [0.15, 0.2) is 0 Å². The van der Waals surface area contributed by atoms with Crippen LogP contribution in [0.5, 0.6) is 5.75 Å². The van der Waals surface area contributed by atoms with Crippen molar-refractivity contribution >= 4 is 12.1 Å². The Bertz CT molecular complexity index is 619. The van der Waals surface area contributed by atoms with Crippen molar-refractivity contribution in [1.29, 1.82) is 0 Å². The van der Waals surface area contributed by atoms with Crippen LogP contribution in [0.2, 0.25) is 0 Å². The van der Waals surface area contributed by atoms with Crippen molar-refractivity contribution in [2.45, 2.75) is 26.4 Å². The monoisotopic (exact) mass is 296 g/mol. The van der Waals surface area contributed by atoms with Crippen LogP contribution >= 0.6 is 0 Å². The van der Waals surface area contributed by atoms with E-state index in [1.54, 1.807) is 6.21 Å². The molecule has 1 amide bonds. The van der Waals surface area contributed by atoms with Crippen molar-refractivity contribution in [2.75, 3.05) is 0 Å². The highest BCUT2D eigenvalue weighted by Crippen LogP contribution is 2.12. The van der Waals surface area contributed by atoms with Gasteiger partial charge in [0.1, 0.15) is 5.75 Å². The van der Waals surface area contributed by atoms with Gasteiger partial charge >= 0.3 is 0 Å². The maximum atomic E-state index is 11.7. The average molecular weight is 296 g/mol. The lowest BCUT2D eigenvalue weighted by Gasteiger charge is -2.09. The molecule has 0 saturated carbocycles. The molecule has 4 heteroatoms. The fraction of sp³-hybridized carbons (Fsp3) is 0.222. The van der Waals surface area contributed by atoms with Gasteiger partial charge in [0.05, 0.1) is 18.7 Å². The molecule has 0 bridgehead atoms. The van der Waals surface area contributed by atoms with Crippen LogP contribution in [0.25, 0.3) is 0 Å². The van der Waals surface area contributed by atoms with Gasteiger partial charge in [-0.1, -0.05) is 30.3 Å². The van der Waals surface area contributed by atoms with E-state index < -0.39 is 0 Å². The Balaban J connectivity index is 1.83. The number of hydrogen-bond acceptors (Lipinski definition) is 3. The molecule has 0 aromatic heterocycles. The van der Waals surface area contributed by atoms with E-state index in [9.17, 15) is 4.79 Å².